The number of hydrogen-bond acceptors (Lipinski definition) is 3. The summed E-state index contributed by atoms with van der Waals surface area (Å²) in [6, 6.07) is 0.737. The summed E-state index contributed by atoms with van der Waals surface area (Å²) in [6.07, 6.45) is 6.77. The van der Waals surface area contributed by atoms with Crippen LogP contribution in [0.4, 0.5) is 5.13 Å². The van der Waals surface area contributed by atoms with Crippen molar-refractivity contribution in [3.63, 3.8) is 0 Å². The fourth-order valence-corrected chi connectivity index (χ4v) is 3.05. The van der Waals surface area contributed by atoms with Gasteiger partial charge in [0.25, 0.3) is 0 Å². The fourth-order valence-electron chi connectivity index (χ4n) is 2.21. The maximum absolute atomic E-state index is 4.60. The first-order chi connectivity index (χ1) is 7.36. The lowest BCUT2D eigenvalue weighted by Gasteiger charge is -2.16. The van der Waals surface area contributed by atoms with Crippen LogP contribution < -0.4 is 5.32 Å². The van der Waals surface area contributed by atoms with Gasteiger partial charge in [-0.25, -0.2) is 4.98 Å². The molecule has 1 N–H and O–H groups in total. The normalized spacial score (nSPS) is 20.9. The standard InChI is InChI=1S/C12H18N2S/c1-2-10-7-15-12(13-10)14-11(8-3-4-8)9-5-6-9/h7-9,11H,2-6H2,1H3,(H,13,14). The van der Waals surface area contributed by atoms with E-state index in [1.165, 1.54) is 31.4 Å². The van der Waals surface area contributed by atoms with Crippen LogP contribution in [-0.2, 0) is 6.42 Å². The molecule has 2 fully saturated rings. The summed E-state index contributed by atoms with van der Waals surface area (Å²) in [5.74, 6) is 1.90. The number of nitrogens with one attached hydrogen (secondary N) is 1. The molecule has 0 amide bonds. The number of aryl methyl sites for hydroxylation is 1. The molecule has 0 aromatic carbocycles. The first-order valence-corrected chi connectivity index (χ1v) is 6.95. The Balaban J connectivity index is 1.66. The van der Waals surface area contributed by atoms with Crippen molar-refractivity contribution in [3.8, 4) is 0 Å². The van der Waals surface area contributed by atoms with E-state index < -0.39 is 0 Å². The Morgan fingerprint density at radius 3 is 2.53 bits per heavy atom. The van der Waals surface area contributed by atoms with Gasteiger partial charge in [0.05, 0.1) is 5.69 Å². The average molecular weight is 222 g/mol. The van der Waals surface area contributed by atoms with E-state index in [2.05, 4.69) is 22.6 Å². The number of aromatic nitrogens is 1. The number of thiazole rings is 1. The van der Waals surface area contributed by atoms with Crippen molar-refractivity contribution >= 4 is 16.5 Å². The third-order valence-corrected chi connectivity index (χ3v) is 4.29. The lowest BCUT2D eigenvalue weighted by atomic mass is 10.1. The first kappa shape index (κ1) is 9.64. The molecule has 3 rings (SSSR count). The van der Waals surface area contributed by atoms with Gasteiger partial charge in [-0.1, -0.05) is 6.92 Å². The van der Waals surface area contributed by atoms with Gasteiger partial charge in [0.1, 0.15) is 0 Å². The largest absolute Gasteiger partial charge is 0.358 e. The predicted molar refractivity (Wildman–Crippen MR) is 64.4 cm³/mol. The molecule has 0 bridgehead atoms. The van der Waals surface area contributed by atoms with Gasteiger partial charge in [-0.05, 0) is 43.9 Å². The molecule has 1 aromatic rings. The summed E-state index contributed by atoms with van der Waals surface area (Å²) in [6.45, 7) is 2.16. The summed E-state index contributed by atoms with van der Waals surface area (Å²) < 4.78 is 0. The van der Waals surface area contributed by atoms with Crippen LogP contribution in [0.2, 0.25) is 0 Å². The third kappa shape index (κ3) is 2.17. The van der Waals surface area contributed by atoms with E-state index in [-0.39, 0.29) is 0 Å². The van der Waals surface area contributed by atoms with Crippen molar-refractivity contribution in [2.45, 2.75) is 45.1 Å². The van der Waals surface area contributed by atoms with Gasteiger partial charge >= 0.3 is 0 Å². The molecule has 3 heteroatoms. The Hall–Kier alpha value is -0.570. The zero-order chi connectivity index (χ0) is 10.3. The smallest absolute Gasteiger partial charge is 0.183 e. The maximum Gasteiger partial charge on any atom is 0.183 e. The van der Waals surface area contributed by atoms with Crippen molar-refractivity contribution in [3.05, 3.63) is 11.1 Å². The highest BCUT2D eigenvalue weighted by Gasteiger charge is 2.41. The first-order valence-electron chi connectivity index (χ1n) is 6.07. The summed E-state index contributed by atoms with van der Waals surface area (Å²) in [5, 5.41) is 6.99. The van der Waals surface area contributed by atoms with Gasteiger partial charge in [-0.3, -0.25) is 0 Å². The second-order valence-corrected chi connectivity index (χ2v) is 5.70. The van der Waals surface area contributed by atoms with Gasteiger partial charge in [-0.2, -0.15) is 0 Å². The summed E-state index contributed by atoms with van der Waals surface area (Å²) in [7, 11) is 0. The van der Waals surface area contributed by atoms with Crippen LogP contribution in [0.15, 0.2) is 5.38 Å². The lowest BCUT2D eigenvalue weighted by Crippen LogP contribution is -2.24. The molecule has 82 valence electrons. The van der Waals surface area contributed by atoms with E-state index in [1.807, 2.05) is 0 Å². The second kappa shape index (κ2) is 3.78. The van der Waals surface area contributed by atoms with Crippen LogP contribution in [0.25, 0.3) is 0 Å². The van der Waals surface area contributed by atoms with Crippen LogP contribution in [0.3, 0.4) is 0 Å². The fraction of sp³-hybridized carbons (Fsp3) is 0.750. The van der Waals surface area contributed by atoms with Gasteiger partial charge in [0, 0.05) is 11.4 Å². The minimum Gasteiger partial charge on any atom is -0.358 e. The minimum atomic E-state index is 0.737. The molecule has 0 unspecified atom stereocenters. The van der Waals surface area contributed by atoms with Crippen molar-refractivity contribution in [2.75, 3.05) is 5.32 Å². The van der Waals surface area contributed by atoms with Crippen molar-refractivity contribution in [2.24, 2.45) is 11.8 Å². The topological polar surface area (TPSA) is 24.9 Å². The van der Waals surface area contributed by atoms with Crippen LogP contribution in [0.5, 0.6) is 0 Å². The van der Waals surface area contributed by atoms with Crippen LogP contribution >= 0.6 is 11.3 Å². The Labute approximate surface area is 95.1 Å². The molecule has 0 saturated heterocycles. The zero-order valence-corrected chi connectivity index (χ0v) is 10.0. The van der Waals surface area contributed by atoms with E-state index in [4.69, 9.17) is 0 Å². The highest BCUT2D eigenvalue weighted by molar-refractivity contribution is 7.13. The minimum absolute atomic E-state index is 0.737. The second-order valence-electron chi connectivity index (χ2n) is 4.84. The molecule has 0 aliphatic heterocycles. The molecule has 0 spiro atoms. The summed E-state index contributed by atoms with van der Waals surface area (Å²) in [5.41, 5.74) is 1.23. The quantitative estimate of drug-likeness (QED) is 0.826. The lowest BCUT2D eigenvalue weighted by molar-refractivity contribution is 0.567. The molecule has 2 nitrogen and oxygen atoms in total. The summed E-state index contributed by atoms with van der Waals surface area (Å²) >= 11 is 1.77. The van der Waals surface area contributed by atoms with Gasteiger partial charge in [0.2, 0.25) is 0 Å². The molecular weight excluding hydrogens is 204 g/mol. The molecule has 1 aromatic heterocycles. The molecular formula is C12H18N2S. The van der Waals surface area contributed by atoms with E-state index >= 15 is 0 Å². The van der Waals surface area contributed by atoms with Crippen LogP contribution in [0.1, 0.15) is 38.3 Å². The van der Waals surface area contributed by atoms with E-state index in [1.54, 1.807) is 11.3 Å². The molecule has 15 heavy (non-hydrogen) atoms. The number of hydrogen-bond donors (Lipinski definition) is 1. The van der Waals surface area contributed by atoms with Gasteiger partial charge in [0.15, 0.2) is 5.13 Å². The highest BCUT2D eigenvalue weighted by Crippen LogP contribution is 2.46. The van der Waals surface area contributed by atoms with Gasteiger partial charge < -0.3 is 5.32 Å². The van der Waals surface area contributed by atoms with Gasteiger partial charge in [-0.15, -0.1) is 11.3 Å². The van der Waals surface area contributed by atoms with E-state index in [0.717, 1.165) is 29.4 Å². The highest BCUT2D eigenvalue weighted by atomic mass is 32.1. The Kier molecular flexibility index (Phi) is 2.43. The predicted octanol–water partition coefficient (Wildman–Crippen LogP) is 3.31. The number of rotatable bonds is 5. The van der Waals surface area contributed by atoms with E-state index in [0.29, 0.717) is 0 Å². The SMILES string of the molecule is CCc1csc(NC(C2CC2)C2CC2)n1. The Morgan fingerprint density at radius 2 is 2.07 bits per heavy atom. The molecule has 1 heterocycles. The molecule has 2 aliphatic carbocycles. The van der Waals surface area contributed by atoms with Crippen molar-refractivity contribution in [1.29, 1.82) is 0 Å². The monoisotopic (exact) mass is 222 g/mol. The molecule has 0 atom stereocenters. The summed E-state index contributed by atoms with van der Waals surface area (Å²) in [4.78, 5) is 4.60. The molecule has 2 saturated carbocycles. The molecule has 0 radical (unpaired) electrons. The molecule has 2 aliphatic rings. The van der Waals surface area contributed by atoms with Crippen LogP contribution in [0, 0.1) is 11.8 Å². The van der Waals surface area contributed by atoms with Crippen LogP contribution in [-0.4, -0.2) is 11.0 Å². The van der Waals surface area contributed by atoms with E-state index in [9.17, 15) is 0 Å². The zero-order valence-electron chi connectivity index (χ0n) is 9.20. The van der Waals surface area contributed by atoms with Crippen molar-refractivity contribution in [1.82, 2.24) is 4.98 Å². The van der Waals surface area contributed by atoms with Crippen molar-refractivity contribution < 1.29 is 0 Å². The Bertz CT molecular complexity index is 327. The maximum atomic E-state index is 4.60. The average Bonchev–Trinajstić information content (AvgIpc) is 3.14. The number of anilines is 1. The third-order valence-electron chi connectivity index (χ3n) is 3.46. The Morgan fingerprint density at radius 1 is 1.40 bits per heavy atom. The number of nitrogens with zero attached hydrogens (tertiary/aromatic N) is 1.